The molecule has 2 aliphatic heterocycles. The molecule has 5 aromatic rings. The number of allylic oxidation sites excluding steroid dienone is 2. The van der Waals surface area contributed by atoms with Crippen molar-refractivity contribution in [2.75, 3.05) is 69.1 Å². The zero-order valence-corrected chi connectivity index (χ0v) is 34.8. The SMILES string of the molecule is O=C(NCCCNC(=O)c1cc(-c2n[nH]c3ccc(NC(=O)[C@@H]4CCN(CC(=O)N5CCN(c6ccc(-c7ncccn7)cc6)CC5)C4)cc23)ccn1)O[C@H]1CC/C=C/CCC1. The molecule has 322 valence electrons. The monoisotopic (exact) mass is 839 g/mol. The van der Waals surface area contributed by atoms with Gasteiger partial charge in [-0.15, -0.1) is 0 Å². The second-order valence-electron chi connectivity index (χ2n) is 16.0. The number of nitrogens with zero attached hydrogens (tertiary/aromatic N) is 7. The van der Waals surface area contributed by atoms with Gasteiger partial charge >= 0.3 is 6.09 Å². The lowest BCUT2D eigenvalue weighted by atomic mass is 10.0. The van der Waals surface area contributed by atoms with E-state index in [2.05, 4.69) is 75.2 Å². The number of hydrogen-bond acceptors (Lipinski definition) is 11. The molecular formula is C46H53N11O5. The molecule has 2 fully saturated rings. The molecule has 1 aliphatic carbocycles. The van der Waals surface area contributed by atoms with Gasteiger partial charge in [-0.1, -0.05) is 12.2 Å². The minimum atomic E-state index is -0.427. The number of aromatic amines is 1. The van der Waals surface area contributed by atoms with E-state index >= 15 is 0 Å². The highest BCUT2D eigenvalue weighted by atomic mass is 16.6. The maximum Gasteiger partial charge on any atom is 0.407 e. The van der Waals surface area contributed by atoms with Crippen molar-refractivity contribution in [3.63, 3.8) is 0 Å². The second kappa shape index (κ2) is 20.3. The Morgan fingerprint density at radius 2 is 1.60 bits per heavy atom. The molecule has 4 N–H and O–H groups in total. The van der Waals surface area contributed by atoms with Crippen LogP contribution in [0.3, 0.4) is 0 Å². The van der Waals surface area contributed by atoms with Crippen molar-refractivity contribution in [3.05, 3.63) is 97.1 Å². The van der Waals surface area contributed by atoms with Crippen LogP contribution in [0.4, 0.5) is 16.2 Å². The molecule has 0 saturated carbocycles. The van der Waals surface area contributed by atoms with Crippen LogP contribution < -0.4 is 20.9 Å². The van der Waals surface area contributed by atoms with Crippen LogP contribution in [-0.4, -0.2) is 124 Å². The van der Waals surface area contributed by atoms with E-state index in [1.165, 1.54) is 0 Å². The Hall–Kier alpha value is -6.68. The standard InChI is InChI=1S/C46H53N11O5/c58-41(57-26-24-56(25-27-57)36-13-10-32(11-14-36)43-48-18-6-19-49-43)31-55-23-17-34(30-55)44(59)52-35-12-15-39-38(29-35)42(54-53-39)33-16-22-47-40(28-33)45(60)50-20-7-21-51-46(61)62-37-8-4-2-1-3-5-9-37/h1-2,6,10-16,18-19,22,28-29,34,37H,3-5,7-9,17,20-21,23-27,30-31H2,(H,50,60)(H,51,61)(H,52,59)(H,53,54)/b2-1+/t34-,37+/m1/s1. The van der Waals surface area contributed by atoms with Crippen LogP contribution in [0.5, 0.6) is 0 Å². The van der Waals surface area contributed by atoms with E-state index in [-0.39, 0.29) is 42.0 Å². The normalized spacial score (nSPS) is 18.7. The lowest BCUT2D eigenvalue weighted by Crippen LogP contribution is -2.51. The average molecular weight is 840 g/mol. The minimum absolute atomic E-state index is 0.0731. The third kappa shape index (κ3) is 10.8. The quantitative estimate of drug-likeness (QED) is 0.0875. The summed E-state index contributed by atoms with van der Waals surface area (Å²) in [4.78, 5) is 71.3. The van der Waals surface area contributed by atoms with Gasteiger partial charge in [0.25, 0.3) is 5.91 Å². The summed E-state index contributed by atoms with van der Waals surface area (Å²) in [5.41, 5.74) is 5.04. The highest BCUT2D eigenvalue weighted by molar-refractivity contribution is 6.00. The summed E-state index contributed by atoms with van der Waals surface area (Å²) in [6.07, 6.45) is 14.7. The van der Waals surface area contributed by atoms with Gasteiger partial charge in [-0.2, -0.15) is 5.10 Å². The molecule has 0 spiro atoms. The number of nitrogens with one attached hydrogen (secondary N) is 4. The molecule has 0 unspecified atom stereocenters. The van der Waals surface area contributed by atoms with Crippen molar-refractivity contribution in [2.24, 2.45) is 5.92 Å². The van der Waals surface area contributed by atoms with Crippen LogP contribution in [0.1, 0.15) is 55.4 Å². The number of amides is 4. The molecule has 0 radical (unpaired) electrons. The predicted molar refractivity (Wildman–Crippen MR) is 236 cm³/mol. The fourth-order valence-electron chi connectivity index (χ4n) is 8.23. The van der Waals surface area contributed by atoms with Gasteiger partial charge in [-0.3, -0.25) is 29.4 Å². The first kappa shape index (κ1) is 42.0. The Kier molecular flexibility index (Phi) is 13.7. The molecule has 16 heteroatoms. The predicted octanol–water partition coefficient (Wildman–Crippen LogP) is 5.43. The lowest BCUT2D eigenvalue weighted by Gasteiger charge is -2.36. The van der Waals surface area contributed by atoms with Gasteiger partial charge in [0, 0.05) is 92.3 Å². The molecule has 16 nitrogen and oxygen atoms in total. The van der Waals surface area contributed by atoms with E-state index in [9.17, 15) is 19.2 Å². The Balaban J connectivity index is 0.776. The number of ether oxygens (including phenoxy) is 1. The van der Waals surface area contributed by atoms with Crippen LogP contribution in [0.15, 0.2) is 91.4 Å². The maximum absolute atomic E-state index is 13.5. The second-order valence-corrected chi connectivity index (χ2v) is 16.0. The fraction of sp³-hybridized carbons (Fsp3) is 0.391. The van der Waals surface area contributed by atoms with Crippen molar-refractivity contribution in [1.82, 2.24) is 45.6 Å². The number of carbonyl (C=O) groups is 4. The number of benzene rings is 2. The molecule has 0 bridgehead atoms. The van der Waals surface area contributed by atoms with Crippen LogP contribution in [0.2, 0.25) is 0 Å². The fourth-order valence-corrected chi connectivity index (χ4v) is 8.23. The first-order valence-corrected chi connectivity index (χ1v) is 21.6. The van der Waals surface area contributed by atoms with Gasteiger partial charge in [0.05, 0.1) is 18.0 Å². The van der Waals surface area contributed by atoms with E-state index in [0.29, 0.717) is 74.9 Å². The number of likely N-dealkylation sites (tertiary alicyclic amines) is 1. The molecular weight excluding hydrogens is 787 g/mol. The molecule has 2 saturated heterocycles. The molecule has 8 rings (SSSR count). The number of carbonyl (C=O) groups excluding carboxylic acids is 4. The summed E-state index contributed by atoms with van der Waals surface area (Å²) in [5.74, 6) is 0.104. The third-order valence-corrected chi connectivity index (χ3v) is 11.7. The summed E-state index contributed by atoms with van der Waals surface area (Å²) in [7, 11) is 0. The topological polar surface area (TPSA) is 191 Å². The van der Waals surface area contributed by atoms with E-state index < -0.39 is 6.09 Å². The first-order valence-electron chi connectivity index (χ1n) is 21.6. The smallest absolute Gasteiger partial charge is 0.407 e. The average Bonchev–Trinajstić information content (AvgIpc) is 3.95. The van der Waals surface area contributed by atoms with E-state index in [1.54, 1.807) is 36.8 Å². The number of aromatic nitrogens is 5. The molecule has 3 aromatic heterocycles. The summed E-state index contributed by atoms with van der Waals surface area (Å²) in [6.45, 7) is 4.98. The van der Waals surface area contributed by atoms with Gasteiger partial charge < -0.3 is 30.5 Å². The van der Waals surface area contributed by atoms with Crippen LogP contribution >= 0.6 is 0 Å². The molecule has 5 heterocycles. The Bertz CT molecular complexity index is 2360. The van der Waals surface area contributed by atoms with Crippen molar-refractivity contribution >= 4 is 46.1 Å². The molecule has 4 amide bonds. The van der Waals surface area contributed by atoms with Gasteiger partial charge in [-0.25, -0.2) is 14.8 Å². The van der Waals surface area contributed by atoms with E-state index in [4.69, 9.17) is 4.74 Å². The Morgan fingerprint density at radius 3 is 2.44 bits per heavy atom. The van der Waals surface area contributed by atoms with Gasteiger partial charge in [-0.05, 0) is 112 Å². The molecule has 2 atom stereocenters. The lowest BCUT2D eigenvalue weighted by molar-refractivity contribution is -0.132. The number of alkyl carbamates (subject to hydrolysis) is 1. The molecule has 3 aliphatic rings. The molecule has 62 heavy (non-hydrogen) atoms. The highest BCUT2D eigenvalue weighted by Gasteiger charge is 2.31. The van der Waals surface area contributed by atoms with Crippen LogP contribution in [0.25, 0.3) is 33.5 Å². The minimum Gasteiger partial charge on any atom is -0.446 e. The van der Waals surface area contributed by atoms with E-state index in [0.717, 1.165) is 67.3 Å². The summed E-state index contributed by atoms with van der Waals surface area (Å²) >= 11 is 0. The summed E-state index contributed by atoms with van der Waals surface area (Å²) in [6, 6.07) is 19.1. The largest absolute Gasteiger partial charge is 0.446 e. The molecule has 2 aromatic carbocycles. The summed E-state index contributed by atoms with van der Waals surface area (Å²) < 4.78 is 5.58. The Labute approximate surface area is 360 Å². The van der Waals surface area contributed by atoms with E-state index in [1.807, 2.05) is 35.2 Å². The van der Waals surface area contributed by atoms with Crippen molar-refractivity contribution in [1.29, 1.82) is 0 Å². The van der Waals surface area contributed by atoms with Crippen LogP contribution in [0, 0.1) is 5.92 Å². The first-order chi connectivity index (χ1) is 30.4. The highest BCUT2D eigenvalue weighted by Crippen LogP contribution is 2.30. The Morgan fingerprint density at radius 1 is 0.790 bits per heavy atom. The number of H-pyrrole nitrogens is 1. The van der Waals surface area contributed by atoms with Crippen molar-refractivity contribution < 1.29 is 23.9 Å². The van der Waals surface area contributed by atoms with Gasteiger partial charge in [0.15, 0.2) is 5.82 Å². The van der Waals surface area contributed by atoms with Crippen LogP contribution in [-0.2, 0) is 14.3 Å². The zero-order valence-electron chi connectivity index (χ0n) is 34.8. The van der Waals surface area contributed by atoms with Crippen molar-refractivity contribution in [3.8, 4) is 22.6 Å². The number of pyridine rings is 1. The van der Waals surface area contributed by atoms with Gasteiger partial charge in [0.1, 0.15) is 17.5 Å². The zero-order chi connectivity index (χ0) is 42.7. The summed E-state index contributed by atoms with van der Waals surface area (Å²) in [5, 5.41) is 17.1. The number of piperazine rings is 1. The number of anilines is 2. The number of rotatable bonds is 13. The van der Waals surface area contributed by atoms with Crippen molar-refractivity contribution in [2.45, 2.75) is 51.0 Å². The van der Waals surface area contributed by atoms with Gasteiger partial charge in [0.2, 0.25) is 11.8 Å². The maximum atomic E-state index is 13.5. The number of fused-ring (bicyclic) bond motifs is 1. The number of hydrogen-bond donors (Lipinski definition) is 4. The third-order valence-electron chi connectivity index (χ3n) is 11.7.